The Morgan fingerprint density at radius 3 is 2.61 bits per heavy atom. The predicted molar refractivity (Wildman–Crippen MR) is 72.5 cm³/mol. The maximum Gasteiger partial charge on any atom is 0.326 e. The maximum atomic E-state index is 11.1. The highest BCUT2D eigenvalue weighted by molar-refractivity contribution is 6.32. The number of hydrogen-bond donors (Lipinski definition) is 2. The largest absolute Gasteiger partial charge is 0.495 e. The standard InChI is InChI=1S/C13H18ClNO3/c1-8(2)6-11(13(16)17)15-9-4-5-12(18-3)10(14)7-9/h4-5,7-8,11,15H,6H2,1-3H3,(H,16,17). The van der Waals surface area contributed by atoms with Crippen molar-refractivity contribution < 1.29 is 14.6 Å². The summed E-state index contributed by atoms with van der Waals surface area (Å²) in [6.07, 6.45) is 0.555. The number of nitrogens with one attached hydrogen (secondary N) is 1. The van der Waals surface area contributed by atoms with Gasteiger partial charge in [-0.3, -0.25) is 0 Å². The first kappa shape index (κ1) is 14.6. The lowest BCUT2D eigenvalue weighted by Gasteiger charge is -2.18. The van der Waals surface area contributed by atoms with Crippen LogP contribution in [0.4, 0.5) is 5.69 Å². The second kappa shape index (κ2) is 6.50. The SMILES string of the molecule is COc1ccc(NC(CC(C)C)C(=O)O)cc1Cl. The molecule has 1 unspecified atom stereocenters. The van der Waals surface area contributed by atoms with Gasteiger partial charge in [0.2, 0.25) is 0 Å². The van der Waals surface area contributed by atoms with Crippen LogP contribution >= 0.6 is 11.6 Å². The molecule has 0 aliphatic heterocycles. The van der Waals surface area contributed by atoms with E-state index in [1.165, 1.54) is 7.11 Å². The van der Waals surface area contributed by atoms with Gasteiger partial charge in [0, 0.05) is 5.69 Å². The molecule has 0 fully saturated rings. The van der Waals surface area contributed by atoms with Crippen LogP contribution in [0, 0.1) is 5.92 Å². The lowest BCUT2D eigenvalue weighted by molar-refractivity contribution is -0.138. The lowest BCUT2D eigenvalue weighted by atomic mass is 10.0. The van der Waals surface area contributed by atoms with Crippen LogP contribution in [0.1, 0.15) is 20.3 Å². The number of ether oxygens (including phenoxy) is 1. The van der Waals surface area contributed by atoms with E-state index in [1.54, 1.807) is 18.2 Å². The van der Waals surface area contributed by atoms with Gasteiger partial charge in [-0.05, 0) is 30.5 Å². The number of anilines is 1. The summed E-state index contributed by atoms with van der Waals surface area (Å²) in [5.41, 5.74) is 0.675. The summed E-state index contributed by atoms with van der Waals surface area (Å²) in [6, 6.07) is 4.51. The van der Waals surface area contributed by atoms with E-state index in [0.29, 0.717) is 28.8 Å². The van der Waals surface area contributed by atoms with Gasteiger partial charge in [-0.15, -0.1) is 0 Å². The summed E-state index contributed by atoms with van der Waals surface area (Å²) < 4.78 is 5.04. The maximum absolute atomic E-state index is 11.1. The van der Waals surface area contributed by atoms with Gasteiger partial charge in [-0.2, -0.15) is 0 Å². The molecule has 1 atom stereocenters. The summed E-state index contributed by atoms with van der Waals surface area (Å²) in [5.74, 6) is 0.000844. The molecule has 100 valence electrons. The van der Waals surface area contributed by atoms with Crippen LogP contribution in [0.5, 0.6) is 5.75 Å². The van der Waals surface area contributed by atoms with Crippen LogP contribution in [-0.2, 0) is 4.79 Å². The van der Waals surface area contributed by atoms with E-state index in [0.717, 1.165) is 0 Å². The van der Waals surface area contributed by atoms with Crippen molar-refractivity contribution in [1.82, 2.24) is 0 Å². The fourth-order valence-corrected chi connectivity index (χ4v) is 1.91. The number of carboxylic acid groups (broad SMARTS) is 1. The van der Waals surface area contributed by atoms with Gasteiger partial charge in [-0.1, -0.05) is 25.4 Å². The second-order valence-corrected chi connectivity index (χ2v) is 4.92. The number of aliphatic carboxylic acids is 1. The number of carboxylic acids is 1. The molecule has 5 heteroatoms. The molecule has 18 heavy (non-hydrogen) atoms. The Balaban J connectivity index is 2.81. The van der Waals surface area contributed by atoms with E-state index >= 15 is 0 Å². The van der Waals surface area contributed by atoms with Crippen molar-refractivity contribution in [1.29, 1.82) is 0 Å². The third kappa shape index (κ3) is 4.11. The van der Waals surface area contributed by atoms with Crippen LogP contribution in [-0.4, -0.2) is 24.2 Å². The summed E-state index contributed by atoms with van der Waals surface area (Å²) in [5, 5.41) is 12.6. The summed E-state index contributed by atoms with van der Waals surface area (Å²) in [4.78, 5) is 11.1. The first-order chi connectivity index (χ1) is 8.43. The normalized spacial score (nSPS) is 12.3. The number of hydrogen-bond acceptors (Lipinski definition) is 3. The minimum absolute atomic E-state index is 0.298. The van der Waals surface area contributed by atoms with Crippen LogP contribution in [0.3, 0.4) is 0 Å². The fraction of sp³-hybridized carbons (Fsp3) is 0.462. The Morgan fingerprint density at radius 2 is 2.17 bits per heavy atom. The van der Waals surface area contributed by atoms with Gasteiger partial charge >= 0.3 is 5.97 Å². The van der Waals surface area contributed by atoms with Crippen LogP contribution in [0.15, 0.2) is 18.2 Å². The highest BCUT2D eigenvalue weighted by atomic mass is 35.5. The zero-order valence-electron chi connectivity index (χ0n) is 10.7. The highest BCUT2D eigenvalue weighted by Gasteiger charge is 2.18. The third-order valence-corrected chi connectivity index (χ3v) is 2.79. The van der Waals surface area contributed by atoms with Crippen LogP contribution in [0.25, 0.3) is 0 Å². The molecule has 0 aliphatic carbocycles. The van der Waals surface area contributed by atoms with Gasteiger partial charge in [0.25, 0.3) is 0 Å². The van der Waals surface area contributed by atoms with E-state index in [9.17, 15) is 4.79 Å². The van der Waals surface area contributed by atoms with Gasteiger partial charge in [-0.25, -0.2) is 4.79 Å². The van der Waals surface area contributed by atoms with Gasteiger partial charge in [0.1, 0.15) is 11.8 Å². The molecule has 1 aromatic carbocycles. The summed E-state index contributed by atoms with van der Waals surface area (Å²) in [6.45, 7) is 3.97. The molecule has 4 nitrogen and oxygen atoms in total. The average molecular weight is 272 g/mol. The average Bonchev–Trinajstić information content (AvgIpc) is 2.27. The number of halogens is 1. The van der Waals surface area contributed by atoms with Crippen molar-refractivity contribution in [3.05, 3.63) is 23.2 Å². The number of methoxy groups -OCH3 is 1. The molecule has 1 aromatic rings. The van der Waals surface area contributed by atoms with Crippen LogP contribution in [0.2, 0.25) is 5.02 Å². The Labute approximate surface area is 112 Å². The van der Waals surface area contributed by atoms with Gasteiger partial charge in [0.15, 0.2) is 0 Å². The molecule has 0 bridgehead atoms. The molecule has 1 rings (SSSR count). The van der Waals surface area contributed by atoms with Crippen molar-refractivity contribution >= 4 is 23.3 Å². The highest BCUT2D eigenvalue weighted by Crippen LogP contribution is 2.27. The molecule has 0 amide bonds. The van der Waals surface area contributed by atoms with E-state index < -0.39 is 12.0 Å². The smallest absolute Gasteiger partial charge is 0.326 e. The van der Waals surface area contributed by atoms with Crippen LogP contribution < -0.4 is 10.1 Å². The van der Waals surface area contributed by atoms with E-state index in [2.05, 4.69) is 5.32 Å². The first-order valence-corrected chi connectivity index (χ1v) is 6.14. The minimum Gasteiger partial charge on any atom is -0.495 e. The fourth-order valence-electron chi connectivity index (χ4n) is 1.65. The summed E-state index contributed by atoms with van der Waals surface area (Å²) >= 11 is 5.99. The van der Waals surface area contributed by atoms with Crippen molar-refractivity contribution in [2.45, 2.75) is 26.3 Å². The molecule has 0 aliphatic rings. The molecule has 0 aromatic heterocycles. The topological polar surface area (TPSA) is 58.6 Å². The van der Waals surface area contributed by atoms with E-state index in [1.807, 2.05) is 13.8 Å². The molecule has 0 radical (unpaired) electrons. The molecule has 0 saturated carbocycles. The van der Waals surface area contributed by atoms with Crippen molar-refractivity contribution in [2.75, 3.05) is 12.4 Å². The second-order valence-electron chi connectivity index (χ2n) is 4.51. The Hall–Kier alpha value is -1.42. The quantitative estimate of drug-likeness (QED) is 0.834. The van der Waals surface area contributed by atoms with E-state index in [4.69, 9.17) is 21.4 Å². The number of rotatable bonds is 6. The van der Waals surface area contributed by atoms with Gasteiger partial charge in [0.05, 0.1) is 12.1 Å². The third-order valence-electron chi connectivity index (χ3n) is 2.50. The zero-order valence-corrected chi connectivity index (χ0v) is 11.5. The Kier molecular flexibility index (Phi) is 5.28. The molecular formula is C13H18ClNO3. The molecular weight excluding hydrogens is 254 g/mol. The monoisotopic (exact) mass is 271 g/mol. The van der Waals surface area contributed by atoms with Crippen molar-refractivity contribution in [2.24, 2.45) is 5.92 Å². The first-order valence-electron chi connectivity index (χ1n) is 5.77. The summed E-state index contributed by atoms with van der Waals surface area (Å²) in [7, 11) is 1.53. The zero-order chi connectivity index (χ0) is 13.7. The molecule has 0 heterocycles. The Morgan fingerprint density at radius 1 is 1.50 bits per heavy atom. The van der Waals surface area contributed by atoms with Crippen molar-refractivity contribution in [3.8, 4) is 5.75 Å². The predicted octanol–water partition coefficient (Wildman–Crippen LogP) is 3.26. The lowest BCUT2D eigenvalue weighted by Crippen LogP contribution is -2.30. The molecule has 0 spiro atoms. The Bertz CT molecular complexity index is 421. The van der Waals surface area contributed by atoms with Crippen molar-refractivity contribution in [3.63, 3.8) is 0 Å². The molecule has 2 N–H and O–H groups in total. The molecule has 0 saturated heterocycles. The number of benzene rings is 1. The minimum atomic E-state index is -0.865. The van der Waals surface area contributed by atoms with Gasteiger partial charge < -0.3 is 15.2 Å². The van der Waals surface area contributed by atoms with E-state index in [-0.39, 0.29) is 0 Å². The number of carbonyl (C=O) groups is 1.